The minimum absolute atomic E-state index is 0.234. The molecule has 2 aliphatic rings. The molecule has 4 heteroatoms. The molecule has 1 aliphatic heterocycles. The summed E-state index contributed by atoms with van der Waals surface area (Å²) in [6.07, 6.45) is 5.43. The van der Waals surface area contributed by atoms with Crippen molar-refractivity contribution >= 4 is 5.91 Å². The summed E-state index contributed by atoms with van der Waals surface area (Å²) in [5, 5.41) is 0. The average molecular weight is 282 g/mol. The first kappa shape index (κ1) is 15.8. The normalized spacial score (nSPS) is 26.2. The van der Waals surface area contributed by atoms with Gasteiger partial charge < -0.3 is 9.64 Å². The number of carbonyl (C=O) groups is 1. The van der Waals surface area contributed by atoms with E-state index in [9.17, 15) is 4.79 Å². The quantitative estimate of drug-likeness (QED) is 0.792. The van der Waals surface area contributed by atoms with Crippen molar-refractivity contribution in [2.45, 2.75) is 58.5 Å². The molecule has 0 N–H and O–H groups in total. The van der Waals surface area contributed by atoms with E-state index in [4.69, 9.17) is 4.74 Å². The minimum Gasteiger partial charge on any atom is -0.384 e. The summed E-state index contributed by atoms with van der Waals surface area (Å²) in [6.45, 7) is 9.47. The van der Waals surface area contributed by atoms with Gasteiger partial charge in [-0.1, -0.05) is 12.8 Å². The zero-order valence-corrected chi connectivity index (χ0v) is 13.5. The fourth-order valence-corrected chi connectivity index (χ4v) is 3.79. The van der Waals surface area contributed by atoms with Gasteiger partial charge in [-0.05, 0) is 33.6 Å². The lowest BCUT2D eigenvalue weighted by Gasteiger charge is -2.44. The van der Waals surface area contributed by atoms with E-state index in [-0.39, 0.29) is 5.91 Å². The number of amides is 1. The van der Waals surface area contributed by atoms with E-state index in [1.54, 1.807) is 7.11 Å². The summed E-state index contributed by atoms with van der Waals surface area (Å²) in [5.74, 6) is 0.234. The first-order valence-electron chi connectivity index (χ1n) is 8.00. The van der Waals surface area contributed by atoms with Crippen LogP contribution in [0.25, 0.3) is 0 Å². The third-order valence-electron chi connectivity index (χ3n) is 4.84. The fourth-order valence-electron chi connectivity index (χ4n) is 3.79. The SMILES string of the molecule is COCC(C)(C)C(=O)N1CCN(C2CCCC2)C(C)C1. The van der Waals surface area contributed by atoms with Crippen LogP contribution in [-0.2, 0) is 9.53 Å². The second-order valence-electron chi connectivity index (χ2n) is 7.09. The number of methoxy groups -OCH3 is 1. The number of carbonyl (C=O) groups excluding carboxylic acids is 1. The molecule has 0 spiro atoms. The molecule has 0 bridgehead atoms. The Morgan fingerprint density at radius 2 is 1.90 bits per heavy atom. The molecule has 1 unspecified atom stereocenters. The largest absolute Gasteiger partial charge is 0.384 e. The zero-order chi connectivity index (χ0) is 14.8. The van der Waals surface area contributed by atoms with E-state index in [1.165, 1.54) is 25.7 Å². The monoisotopic (exact) mass is 282 g/mol. The zero-order valence-electron chi connectivity index (χ0n) is 13.5. The van der Waals surface area contributed by atoms with E-state index >= 15 is 0 Å². The van der Waals surface area contributed by atoms with Gasteiger partial charge in [0.05, 0.1) is 12.0 Å². The Labute approximate surface area is 123 Å². The van der Waals surface area contributed by atoms with E-state index in [0.29, 0.717) is 12.6 Å². The Morgan fingerprint density at radius 1 is 1.25 bits per heavy atom. The van der Waals surface area contributed by atoms with Crippen LogP contribution in [0, 0.1) is 5.41 Å². The highest BCUT2D eigenvalue weighted by Crippen LogP contribution is 2.28. The molecule has 1 aliphatic carbocycles. The number of nitrogens with zero attached hydrogens (tertiary/aromatic N) is 2. The Balaban J connectivity index is 1.93. The summed E-state index contributed by atoms with van der Waals surface area (Å²) < 4.78 is 5.19. The molecule has 2 rings (SSSR count). The van der Waals surface area contributed by atoms with Crippen LogP contribution in [0.5, 0.6) is 0 Å². The molecule has 20 heavy (non-hydrogen) atoms. The lowest BCUT2D eigenvalue weighted by molar-refractivity contribution is -0.146. The van der Waals surface area contributed by atoms with Gasteiger partial charge in [0, 0.05) is 38.8 Å². The summed E-state index contributed by atoms with van der Waals surface area (Å²) >= 11 is 0. The Bertz CT molecular complexity index is 337. The van der Waals surface area contributed by atoms with Crippen molar-refractivity contribution in [3.63, 3.8) is 0 Å². The van der Waals surface area contributed by atoms with Crippen LogP contribution < -0.4 is 0 Å². The molecule has 0 aromatic rings. The number of hydrogen-bond acceptors (Lipinski definition) is 3. The van der Waals surface area contributed by atoms with Gasteiger partial charge >= 0.3 is 0 Å². The number of hydrogen-bond donors (Lipinski definition) is 0. The van der Waals surface area contributed by atoms with Crippen LogP contribution in [-0.4, -0.2) is 61.1 Å². The Hall–Kier alpha value is -0.610. The smallest absolute Gasteiger partial charge is 0.230 e. The van der Waals surface area contributed by atoms with Gasteiger partial charge in [0.15, 0.2) is 0 Å². The highest BCUT2D eigenvalue weighted by Gasteiger charge is 2.37. The molecule has 4 nitrogen and oxygen atoms in total. The molecule has 116 valence electrons. The van der Waals surface area contributed by atoms with E-state index in [1.807, 2.05) is 18.7 Å². The molecule has 1 amide bonds. The molecule has 1 saturated heterocycles. The van der Waals surface area contributed by atoms with Crippen molar-refractivity contribution < 1.29 is 9.53 Å². The maximum atomic E-state index is 12.6. The van der Waals surface area contributed by atoms with Gasteiger partial charge in [0.2, 0.25) is 5.91 Å². The predicted octanol–water partition coefficient (Wildman–Crippen LogP) is 2.13. The van der Waals surface area contributed by atoms with Crippen molar-refractivity contribution in [2.75, 3.05) is 33.4 Å². The Kier molecular flexibility index (Phi) is 5.08. The van der Waals surface area contributed by atoms with Crippen LogP contribution in [0.3, 0.4) is 0 Å². The maximum Gasteiger partial charge on any atom is 0.230 e. The summed E-state index contributed by atoms with van der Waals surface area (Å²) in [7, 11) is 1.66. The summed E-state index contributed by atoms with van der Waals surface area (Å²) in [4.78, 5) is 17.3. The standard InChI is InChI=1S/C16H30N2O2/c1-13-11-17(15(19)16(2,3)12-20-4)9-10-18(13)14-7-5-6-8-14/h13-14H,5-12H2,1-4H3. The van der Waals surface area contributed by atoms with Crippen molar-refractivity contribution in [2.24, 2.45) is 5.41 Å². The van der Waals surface area contributed by atoms with Crippen molar-refractivity contribution in [3.8, 4) is 0 Å². The van der Waals surface area contributed by atoms with Crippen LogP contribution in [0.4, 0.5) is 0 Å². The minimum atomic E-state index is -0.413. The van der Waals surface area contributed by atoms with Gasteiger partial charge in [-0.25, -0.2) is 0 Å². The molecule has 1 atom stereocenters. The number of ether oxygens (including phenoxy) is 1. The highest BCUT2D eigenvalue weighted by molar-refractivity contribution is 5.82. The lowest BCUT2D eigenvalue weighted by Crippen LogP contribution is -2.58. The first-order chi connectivity index (χ1) is 9.45. The van der Waals surface area contributed by atoms with Crippen molar-refractivity contribution in [1.82, 2.24) is 9.80 Å². The van der Waals surface area contributed by atoms with E-state index in [2.05, 4.69) is 11.8 Å². The third-order valence-corrected chi connectivity index (χ3v) is 4.84. The van der Waals surface area contributed by atoms with E-state index in [0.717, 1.165) is 25.7 Å². The van der Waals surface area contributed by atoms with Gasteiger partial charge in [-0.3, -0.25) is 9.69 Å². The molecular formula is C16H30N2O2. The van der Waals surface area contributed by atoms with Crippen LogP contribution in [0.2, 0.25) is 0 Å². The topological polar surface area (TPSA) is 32.8 Å². The molecule has 0 radical (unpaired) electrons. The molecule has 0 aromatic heterocycles. The van der Waals surface area contributed by atoms with Crippen LogP contribution >= 0.6 is 0 Å². The lowest BCUT2D eigenvalue weighted by atomic mass is 9.92. The second-order valence-corrected chi connectivity index (χ2v) is 7.09. The third kappa shape index (κ3) is 3.34. The Morgan fingerprint density at radius 3 is 2.45 bits per heavy atom. The molecular weight excluding hydrogens is 252 g/mol. The summed E-state index contributed by atoms with van der Waals surface area (Å²) in [6, 6.07) is 1.24. The van der Waals surface area contributed by atoms with Gasteiger partial charge in [-0.2, -0.15) is 0 Å². The van der Waals surface area contributed by atoms with Gasteiger partial charge in [0.1, 0.15) is 0 Å². The molecule has 1 heterocycles. The average Bonchev–Trinajstić information content (AvgIpc) is 2.91. The first-order valence-corrected chi connectivity index (χ1v) is 8.00. The second kappa shape index (κ2) is 6.44. The van der Waals surface area contributed by atoms with Crippen LogP contribution in [0.15, 0.2) is 0 Å². The number of rotatable bonds is 4. The van der Waals surface area contributed by atoms with Gasteiger partial charge in [0.25, 0.3) is 0 Å². The molecule has 2 fully saturated rings. The molecule has 1 saturated carbocycles. The number of piperazine rings is 1. The van der Waals surface area contributed by atoms with Crippen molar-refractivity contribution in [1.29, 1.82) is 0 Å². The summed E-state index contributed by atoms with van der Waals surface area (Å²) in [5.41, 5.74) is -0.413. The maximum absolute atomic E-state index is 12.6. The predicted molar refractivity (Wildman–Crippen MR) is 80.7 cm³/mol. The van der Waals surface area contributed by atoms with Crippen LogP contribution in [0.1, 0.15) is 46.5 Å². The highest BCUT2D eigenvalue weighted by atomic mass is 16.5. The van der Waals surface area contributed by atoms with Crippen molar-refractivity contribution in [3.05, 3.63) is 0 Å². The van der Waals surface area contributed by atoms with E-state index < -0.39 is 5.41 Å². The fraction of sp³-hybridized carbons (Fsp3) is 0.938. The van der Waals surface area contributed by atoms with Gasteiger partial charge in [-0.15, -0.1) is 0 Å². The molecule has 0 aromatic carbocycles.